The molecule has 2 unspecified atom stereocenters. The molecule has 0 heterocycles. The third-order valence-electron chi connectivity index (χ3n) is 5.04. The molecule has 2 atom stereocenters. The van der Waals surface area contributed by atoms with Crippen LogP contribution < -0.4 is 5.32 Å². The van der Waals surface area contributed by atoms with E-state index in [9.17, 15) is 0 Å². The smallest absolute Gasteiger partial charge is 0.0107 e. The highest BCUT2D eigenvalue weighted by atomic mass is 15.1. The van der Waals surface area contributed by atoms with Crippen molar-refractivity contribution in [3.8, 4) is 0 Å². The van der Waals surface area contributed by atoms with Gasteiger partial charge in [-0.2, -0.15) is 0 Å². The van der Waals surface area contributed by atoms with Gasteiger partial charge in [0.2, 0.25) is 0 Å². The van der Waals surface area contributed by atoms with Crippen molar-refractivity contribution in [1.82, 2.24) is 10.2 Å². The summed E-state index contributed by atoms with van der Waals surface area (Å²) in [4.78, 5) is 2.67. The van der Waals surface area contributed by atoms with Gasteiger partial charge in [0.05, 0.1) is 0 Å². The van der Waals surface area contributed by atoms with E-state index in [-0.39, 0.29) is 0 Å². The summed E-state index contributed by atoms with van der Waals surface area (Å²) in [6.07, 6.45) is 12.8. The maximum absolute atomic E-state index is 3.79. The molecule has 2 fully saturated rings. The lowest BCUT2D eigenvalue weighted by molar-refractivity contribution is 0.155. The summed E-state index contributed by atoms with van der Waals surface area (Å²) in [6.45, 7) is 4.80. The Morgan fingerprint density at radius 3 is 2.39 bits per heavy atom. The molecule has 0 saturated heterocycles. The number of hydrogen-bond acceptors (Lipinski definition) is 2. The third kappa shape index (κ3) is 3.96. The molecule has 0 spiro atoms. The van der Waals surface area contributed by atoms with Crippen LogP contribution in [-0.4, -0.2) is 37.1 Å². The van der Waals surface area contributed by atoms with Gasteiger partial charge in [-0.25, -0.2) is 0 Å². The predicted molar refractivity (Wildman–Crippen MR) is 78.9 cm³/mol. The van der Waals surface area contributed by atoms with Crippen LogP contribution in [0.2, 0.25) is 0 Å². The van der Waals surface area contributed by atoms with E-state index in [0.717, 1.165) is 18.0 Å². The number of rotatable bonds is 6. The van der Waals surface area contributed by atoms with Crippen molar-refractivity contribution in [3.63, 3.8) is 0 Å². The van der Waals surface area contributed by atoms with Crippen LogP contribution in [0.4, 0.5) is 0 Å². The van der Waals surface area contributed by atoms with Gasteiger partial charge in [0.25, 0.3) is 0 Å². The SMILES string of the molecule is CCCNC1CCCCC1CN(C)C1CCCC1. The van der Waals surface area contributed by atoms with E-state index >= 15 is 0 Å². The normalized spacial score (nSPS) is 30.2. The third-order valence-corrected chi connectivity index (χ3v) is 5.04. The van der Waals surface area contributed by atoms with Crippen molar-refractivity contribution in [2.75, 3.05) is 20.1 Å². The molecule has 0 aromatic carbocycles. The first-order chi connectivity index (χ1) is 8.81. The fraction of sp³-hybridized carbons (Fsp3) is 1.00. The van der Waals surface area contributed by atoms with Crippen molar-refractivity contribution in [2.24, 2.45) is 5.92 Å². The molecular weight excluding hydrogens is 220 g/mol. The lowest BCUT2D eigenvalue weighted by atomic mass is 9.84. The highest BCUT2D eigenvalue weighted by Gasteiger charge is 2.28. The van der Waals surface area contributed by atoms with Crippen LogP contribution in [-0.2, 0) is 0 Å². The minimum atomic E-state index is 0.794. The molecule has 2 heteroatoms. The van der Waals surface area contributed by atoms with Gasteiger partial charge in [-0.3, -0.25) is 0 Å². The summed E-state index contributed by atoms with van der Waals surface area (Å²) in [5.74, 6) is 0.899. The fourth-order valence-electron chi connectivity index (χ4n) is 3.89. The Morgan fingerprint density at radius 2 is 1.67 bits per heavy atom. The molecule has 0 aliphatic heterocycles. The Bertz CT molecular complexity index is 223. The Labute approximate surface area is 114 Å². The van der Waals surface area contributed by atoms with Gasteiger partial charge in [-0.1, -0.05) is 32.6 Å². The summed E-state index contributed by atoms with van der Waals surface area (Å²) in [5.41, 5.74) is 0. The van der Waals surface area contributed by atoms with Gasteiger partial charge in [0.15, 0.2) is 0 Å². The van der Waals surface area contributed by atoms with Crippen LogP contribution in [0.25, 0.3) is 0 Å². The Kier molecular flexibility index (Phi) is 5.97. The lowest BCUT2D eigenvalue weighted by Gasteiger charge is -2.36. The molecule has 2 aliphatic rings. The van der Waals surface area contributed by atoms with Crippen LogP contribution in [0.3, 0.4) is 0 Å². The summed E-state index contributed by atoms with van der Waals surface area (Å²) >= 11 is 0. The molecule has 0 bridgehead atoms. The average Bonchev–Trinajstić information content (AvgIpc) is 2.91. The molecule has 0 aromatic rings. The van der Waals surface area contributed by atoms with Crippen molar-refractivity contribution in [1.29, 1.82) is 0 Å². The van der Waals surface area contributed by atoms with Crippen molar-refractivity contribution < 1.29 is 0 Å². The molecular formula is C16H32N2. The van der Waals surface area contributed by atoms with Crippen LogP contribution >= 0.6 is 0 Å². The second-order valence-electron chi connectivity index (χ2n) is 6.48. The largest absolute Gasteiger partial charge is 0.314 e. The average molecular weight is 252 g/mol. The number of nitrogens with one attached hydrogen (secondary N) is 1. The number of nitrogens with zero attached hydrogens (tertiary/aromatic N) is 1. The number of hydrogen-bond donors (Lipinski definition) is 1. The van der Waals surface area contributed by atoms with Crippen molar-refractivity contribution >= 4 is 0 Å². The zero-order chi connectivity index (χ0) is 12.8. The molecule has 106 valence electrons. The first-order valence-electron chi connectivity index (χ1n) is 8.25. The van der Waals surface area contributed by atoms with Gasteiger partial charge in [-0.15, -0.1) is 0 Å². The van der Waals surface area contributed by atoms with Gasteiger partial charge in [-0.05, 0) is 51.6 Å². The molecule has 0 amide bonds. The summed E-state index contributed by atoms with van der Waals surface area (Å²) < 4.78 is 0. The van der Waals surface area contributed by atoms with E-state index in [1.165, 1.54) is 70.9 Å². The fourth-order valence-corrected chi connectivity index (χ4v) is 3.89. The quantitative estimate of drug-likeness (QED) is 0.779. The van der Waals surface area contributed by atoms with Gasteiger partial charge >= 0.3 is 0 Å². The van der Waals surface area contributed by atoms with Crippen LogP contribution in [0.5, 0.6) is 0 Å². The molecule has 18 heavy (non-hydrogen) atoms. The summed E-state index contributed by atoms with van der Waals surface area (Å²) in [7, 11) is 2.36. The van der Waals surface area contributed by atoms with E-state index in [4.69, 9.17) is 0 Å². The van der Waals surface area contributed by atoms with E-state index < -0.39 is 0 Å². The van der Waals surface area contributed by atoms with Crippen molar-refractivity contribution in [3.05, 3.63) is 0 Å². The molecule has 2 aliphatic carbocycles. The van der Waals surface area contributed by atoms with Crippen molar-refractivity contribution in [2.45, 2.75) is 76.8 Å². The lowest BCUT2D eigenvalue weighted by Crippen LogP contribution is -2.45. The van der Waals surface area contributed by atoms with Gasteiger partial charge in [0, 0.05) is 18.6 Å². The summed E-state index contributed by atoms with van der Waals surface area (Å²) in [5, 5.41) is 3.79. The standard InChI is InChI=1S/C16H32N2/c1-3-12-17-16-11-7-4-8-14(16)13-18(2)15-9-5-6-10-15/h14-17H,3-13H2,1-2H3. The first-order valence-corrected chi connectivity index (χ1v) is 8.25. The predicted octanol–water partition coefficient (Wildman–Crippen LogP) is 3.42. The Balaban J connectivity index is 1.80. The first kappa shape index (κ1) is 14.3. The zero-order valence-corrected chi connectivity index (χ0v) is 12.5. The topological polar surface area (TPSA) is 15.3 Å². The second-order valence-corrected chi connectivity index (χ2v) is 6.48. The molecule has 0 aromatic heterocycles. The molecule has 0 radical (unpaired) electrons. The van der Waals surface area contributed by atoms with Crippen LogP contribution in [0, 0.1) is 5.92 Å². The highest BCUT2D eigenvalue weighted by molar-refractivity contribution is 4.85. The van der Waals surface area contributed by atoms with Crippen LogP contribution in [0.1, 0.15) is 64.7 Å². The minimum absolute atomic E-state index is 0.794. The minimum Gasteiger partial charge on any atom is -0.314 e. The maximum atomic E-state index is 3.79. The van der Waals surface area contributed by atoms with E-state index in [1.54, 1.807) is 0 Å². The Morgan fingerprint density at radius 1 is 1.00 bits per heavy atom. The molecule has 2 saturated carbocycles. The van der Waals surface area contributed by atoms with E-state index in [2.05, 4.69) is 24.2 Å². The van der Waals surface area contributed by atoms with E-state index in [1.807, 2.05) is 0 Å². The van der Waals surface area contributed by atoms with E-state index in [0.29, 0.717) is 0 Å². The molecule has 2 rings (SSSR count). The zero-order valence-electron chi connectivity index (χ0n) is 12.5. The second kappa shape index (κ2) is 7.49. The van der Waals surface area contributed by atoms with Gasteiger partial charge in [0.1, 0.15) is 0 Å². The monoisotopic (exact) mass is 252 g/mol. The molecule has 1 N–H and O–H groups in total. The highest BCUT2D eigenvalue weighted by Crippen LogP contribution is 2.28. The maximum Gasteiger partial charge on any atom is 0.0107 e. The summed E-state index contributed by atoms with van der Waals surface area (Å²) in [6, 6.07) is 1.68. The molecule has 2 nitrogen and oxygen atoms in total. The Hall–Kier alpha value is -0.0800. The van der Waals surface area contributed by atoms with Crippen LogP contribution in [0.15, 0.2) is 0 Å². The van der Waals surface area contributed by atoms with Gasteiger partial charge < -0.3 is 10.2 Å².